The van der Waals surface area contributed by atoms with Crippen LogP contribution in [0.1, 0.15) is 16.7 Å². The maximum atomic E-state index is 9.37. The second kappa shape index (κ2) is 7.23. The third-order valence-electron chi connectivity index (χ3n) is 0.201. The lowest BCUT2D eigenvalue weighted by Crippen LogP contribution is -2.08. The number of ether oxygens (including phenoxy) is 1. The maximum Gasteiger partial charge on any atom is 0.404 e. The van der Waals surface area contributed by atoms with Crippen molar-refractivity contribution in [1.29, 1.82) is 0 Å². The van der Waals surface area contributed by atoms with Crippen LogP contribution in [0.15, 0.2) is 0 Å². The number of hydrogen-bond donors (Lipinski definition) is 2. The van der Waals surface area contributed by atoms with Crippen molar-refractivity contribution in [3.8, 4) is 0 Å². The van der Waals surface area contributed by atoms with E-state index in [1.54, 1.807) is 0 Å². The molecule has 9 heavy (non-hydrogen) atoms. The summed E-state index contributed by atoms with van der Waals surface area (Å²) in [5.74, 6) is 0. The van der Waals surface area contributed by atoms with Crippen molar-refractivity contribution in [3.63, 3.8) is 0 Å². The summed E-state index contributed by atoms with van der Waals surface area (Å²) in [6, 6.07) is 0.333. The first-order valence-electron chi connectivity index (χ1n) is 2.59. The molecule has 0 aromatic heterocycles. The molecule has 1 amide bonds. The Balaban J connectivity index is -0.0000000383. The summed E-state index contributed by atoms with van der Waals surface area (Å²) in [6.45, 7) is 3.89. The Kier molecular flexibility index (Phi) is 8.90. The quantitative estimate of drug-likeness (QED) is 0.513. The molecule has 4 N–H and O–H groups in total. The molecule has 0 fully saturated rings. The molecule has 60 valence electrons. The van der Waals surface area contributed by atoms with Gasteiger partial charge in [0.1, 0.15) is 0 Å². The van der Waals surface area contributed by atoms with E-state index < -0.39 is 6.09 Å². The van der Waals surface area contributed by atoms with Crippen LogP contribution in [0, 0.1) is 0 Å². The predicted molar refractivity (Wildman–Crippen MR) is 40.1 cm³/mol. The van der Waals surface area contributed by atoms with Crippen LogP contribution in [-0.4, -0.2) is 19.2 Å². The second-order valence-corrected chi connectivity index (χ2v) is 1.77. The molecule has 0 aliphatic rings. The van der Waals surface area contributed by atoms with E-state index in [0.717, 1.165) is 0 Å². The monoisotopic (exact) mass is 138 g/mol. The van der Waals surface area contributed by atoms with Gasteiger partial charge in [-0.2, -0.15) is 0 Å². The van der Waals surface area contributed by atoms with Crippen molar-refractivity contribution in [3.05, 3.63) is 0 Å². The smallest absolute Gasteiger partial charge is 0.404 e. The lowest BCUT2D eigenvalue weighted by molar-refractivity contribution is 0.182. The lowest BCUT2D eigenvalue weighted by atomic mass is 10.5. The summed E-state index contributed by atoms with van der Waals surface area (Å²) in [5, 5.41) is 0. The molecule has 0 heterocycles. The number of methoxy groups -OCH3 is 1. The Hall–Kier alpha value is -0.770. The molecule has 0 bridgehead atoms. The van der Waals surface area contributed by atoms with Gasteiger partial charge in [-0.1, -0.05) is 13.8 Å². The minimum absolute atomic E-state index is 0. The van der Waals surface area contributed by atoms with E-state index in [4.69, 9.17) is 5.73 Å². The van der Waals surface area contributed by atoms with Gasteiger partial charge < -0.3 is 16.2 Å². The molecule has 0 aromatic rings. The van der Waals surface area contributed by atoms with Gasteiger partial charge in [-0.25, -0.2) is 4.79 Å². The Labute approximate surface area is 58.1 Å². The lowest BCUT2D eigenvalue weighted by Gasteiger charge is -1.81. The first kappa shape index (κ1) is 11.1. The topological polar surface area (TPSA) is 78.3 Å². The Bertz CT molecular complexity index is 78.1. The van der Waals surface area contributed by atoms with Crippen molar-refractivity contribution < 1.29 is 12.4 Å². The normalized spacial score (nSPS) is 7.67. The third-order valence-corrected chi connectivity index (χ3v) is 0.201. The molecule has 0 saturated heterocycles. The Morgan fingerprint density at radius 2 is 1.78 bits per heavy atom. The van der Waals surface area contributed by atoms with Gasteiger partial charge in [0.15, 0.2) is 0 Å². The van der Waals surface area contributed by atoms with Crippen LogP contribution in [0.5, 0.6) is 0 Å². The van der Waals surface area contributed by atoms with E-state index in [1.165, 1.54) is 7.11 Å². The van der Waals surface area contributed by atoms with Crippen LogP contribution in [0.4, 0.5) is 4.79 Å². The zero-order chi connectivity index (χ0) is 7.86. The number of amides is 1. The Morgan fingerprint density at radius 1 is 1.67 bits per heavy atom. The van der Waals surface area contributed by atoms with Crippen LogP contribution in [0.3, 0.4) is 0 Å². The maximum absolute atomic E-state index is 9.37. The molecule has 0 atom stereocenters. The predicted octanol–water partition coefficient (Wildman–Crippen LogP) is 0.557. The summed E-state index contributed by atoms with van der Waals surface area (Å²) < 4.78 is 3.89. The molecular weight excluding hydrogens is 120 g/mol. The summed E-state index contributed by atoms with van der Waals surface area (Å²) >= 11 is 0. The van der Waals surface area contributed by atoms with Gasteiger partial charge in [0, 0.05) is 2.85 Å². The van der Waals surface area contributed by atoms with Crippen LogP contribution in [0.25, 0.3) is 0 Å². The number of carbonyl (C=O) groups excluding carboxylic acids is 1. The van der Waals surface area contributed by atoms with Crippen LogP contribution >= 0.6 is 0 Å². The minimum atomic E-state index is -0.745. The van der Waals surface area contributed by atoms with Gasteiger partial charge in [0.2, 0.25) is 0 Å². The third kappa shape index (κ3) is 131. The molecule has 0 radical (unpaired) electrons. The number of primary amides is 1. The van der Waals surface area contributed by atoms with Crippen molar-refractivity contribution in [2.24, 2.45) is 11.5 Å². The molecule has 0 aromatic carbocycles. The van der Waals surface area contributed by atoms with Gasteiger partial charge in [0.25, 0.3) is 0 Å². The first-order valence-corrected chi connectivity index (χ1v) is 2.59. The highest BCUT2D eigenvalue weighted by Crippen LogP contribution is 1.58. The highest BCUT2D eigenvalue weighted by molar-refractivity contribution is 5.64. The Morgan fingerprint density at radius 3 is 1.78 bits per heavy atom. The van der Waals surface area contributed by atoms with Crippen molar-refractivity contribution in [1.82, 2.24) is 0 Å². The SMILES string of the molecule is CC(C)N.COC(N)=O.[HH].[HH]. The van der Waals surface area contributed by atoms with Crippen molar-refractivity contribution in [2.45, 2.75) is 19.9 Å². The molecule has 4 nitrogen and oxygen atoms in total. The van der Waals surface area contributed by atoms with Gasteiger partial charge in [-0.15, -0.1) is 0 Å². The second-order valence-electron chi connectivity index (χ2n) is 1.77. The number of carbonyl (C=O) groups is 1. The van der Waals surface area contributed by atoms with E-state index in [2.05, 4.69) is 10.5 Å². The van der Waals surface area contributed by atoms with Gasteiger partial charge in [-0.05, 0) is 6.04 Å². The van der Waals surface area contributed by atoms with Gasteiger partial charge >= 0.3 is 6.09 Å². The van der Waals surface area contributed by atoms with E-state index in [-0.39, 0.29) is 2.85 Å². The summed E-state index contributed by atoms with van der Waals surface area (Å²) in [4.78, 5) is 9.37. The van der Waals surface area contributed by atoms with Gasteiger partial charge in [-0.3, -0.25) is 0 Å². The van der Waals surface area contributed by atoms with Gasteiger partial charge in [0.05, 0.1) is 7.11 Å². The van der Waals surface area contributed by atoms with E-state index >= 15 is 0 Å². The molecule has 0 aliphatic carbocycles. The standard InChI is InChI=1S/C3H9N.C2H5NO2.2H2/c1-3(2)4;1-5-2(3)4;;/h3H,4H2,1-2H3;1H3,(H2,3,4);2*1H. The fourth-order valence-corrected chi connectivity index (χ4v) is 0. The summed E-state index contributed by atoms with van der Waals surface area (Å²) in [7, 11) is 1.22. The van der Waals surface area contributed by atoms with E-state index in [9.17, 15) is 4.79 Å². The highest BCUT2D eigenvalue weighted by atomic mass is 16.5. The van der Waals surface area contributed by atoms with Crippen molar-refractivity contribution in [2.75, 3.05) is 7.11 Å². The fraction of sp³-hybridized carbons (Fsp3) is 0.800. The van der Waals surface area contributed by atoms with E-state index in [0.29, 0.717) is 6.04 Å². The van der Waals surface area contributed by atoms with Crippen LogP contribution < -0.4 is 11.5 Å². The number of rotatable bonds is 0. The van der Waals surface area contributed by atoms with Crippen LogP contribution in [0.2, 0.25) is 0 Å². The summed E-state index contributed by atoms with van der Waals surface area (Å²) in [6.07, 6.45) is -0.745. The molecule has 0 spiro atoms. The molecular formula is C5H18N2O2. The zero-order valence-corrected chi connectivity index (χ0v) is 6.05. The average Bonchev–Trinajstić information content (AvgIpc) is 1.65. The molecule has 0 unspecified atom stereocenters. The molecule has 0 aliphatic heterocycles. The average molecular weight is 138 g/mol. The highest BCUT2D eigenvalue weighted by Gasteiger charge is 1.76. The van der Waals surface area contributed by atoms with E-state index in [1.807, 2.05) is 13.8 Å². The first-order chi connectivity index (χ1) is 4.00. The number of hydrogen-bond acceptors (Lipinski definition) is 3. The zero-order valence-electron chi connectivity index (χ0n) is 6.05. The minimum Gasteiger partial charge on any atom is -0.453 e. The molecule has 0 saturated carbocycles. The van der Waals surface area contributed by atoms with Crippen molar-refractivity contribution >= 4 is 6.09 Å². The summed E-state index contributed by atoms with van der Waals surface area (Å²) in [5.41, 5.74) is 9.54. The molecule has 4 heteroatoms. The fourth-order valence-electron chi connectivity index (χ4n) is 0. The molecule has 0 rings (SSSR count). The van der Waals surface area contributed by atoms with Crippen LogP contribution in [-0.2, 0) is 4.74 Å². The number of nitrogens with two attached hydrogens (primary N) is 2. The largest absolute Gasteiger partial charge is 0.453 e.